The lowest BCUT2D eigenvalue weighted by molar-refractivity contribution is 0.0285. The molecular formula is C46H100N4O. The molecule has 0 aromatic carbocycles. The highest BCUT2D eigenvalue weighted by molar-refractivity contribution is 4.91. The van der Waals surface area contributed by atoms with Crippen LogP contribution in [0.15, 0.2) is 0 Å². The van der Waals surface area contributed by atoms with Crippen LogP contribution in [0.4, 0.5) is 0 Å². The Hall–Kier alpha value is -1.07. The minimum atomic E-state index is -0.375. The van der Waals surface area contributed by atoms with E-state index in [9.17, 15) is 5.11 Å². The van der Waals surface area contributed by atoms with Crippen molar-refractivity contribution in [3.05, 3.63) is 17.5 Å². The van der Waals surface area contributed by atoms with Crippen molar-refractivity contribution in [2.75, 3.05) is 0 Å². The van der Waals surface area contributed by atoms with Gasteiger partial charge in [-0.2, -0.15) is 0 Å². The van der Waals surface area contributed by atoms with Crippen LogP contribution in [-0.4, -0.2) is 31.2 Å². The Kier molecular flexibility index (Phi) is 41.7. The molecular weight excluding hydrogens is 625 g/mol. The van der Waals surface area contributed by atoms with Crippen molar-refractivity contribution in [1.29, 1.82) is 0 Å². The molecule has 51 heavy (non-hydrogen) atoms. The van der Waals surface area contributed by atoms with Crippen LogP contribution in [0, 0.1) is 37.5 Å². The number of nitrogens with zero attached hydrogens (tertiary/aromatic N) is 3. The highest BCUT2D eigenvalue weighted by Gasteiger charge is 2.22. The van der Waals surface area contributed by atoms with Gasteiger partial charge in [0.25, 0.3) is 0 Å². The summed E-state index contributed by atoms with van der Waals surface area (Å²) in [6.45, 7) is 43.3. The number of aliphatic hydroxyl groups is 1. The van der Waals surface area contributed by atoms with Gasteiger partial charge in [-0.3, -0.25) is 0 Å². The van der Waals surface area contributed by atoms with E-state index in [1.54, 1.807) is 0 Å². The molecule has 5 heteroatoms. The molecule has 1 heterocycles. The maximum Gasteiger partial charge on any atom is 0.129 e. The topological polar surface area (TPSA) is 84.9 Å². The lowest BCUT2D eigenvalue weighted by Gasteiger charge is -2.29. The molecule has 1 aromatic rings. The number of rotatable bonds is 18. The van der Waals surface area contributed by atoms with Crippen molar-refractivity contribution in [2.24, 2.45) is 22.5 Å². The maximum absolute atomic E-state index is 9.44. The summed E-state index contributed by atoms with van der Waals surface area (Å²) in [6, 6.07) is 0. The van der Waals surface area contributed by atoms with Gasteiger partial charge in [0.05, 0.1) is 5.60 Å². The molecule has 1 aromatic heterocycles. The highest BCUT2D eigenvalue weighted by Crippen LogP contribution is 2.35. The average molecular weight is 725 g/mol. The summed E-state index contributed by atoms with van der Waals surface area (Å²) in [6.07, 6.45) is 22.2. The molecule has 0 saturated carbocycles. The van der Waals surface area contributed by atoms with Crippen molar-refractivity contribution in [3.8, 4) is 0 Å². The minimum absolute atomic E-state index is 0.125. The zero-order chi connectivity index (χ0) is 41.2. The molecule has 0 atom stereocenters. The Morgan fingerprint density at radius 1 is 0.431 bits per heavy atom. The third kappa shape index (κ3) is 30.0. The molecule has 3 N–H and O–H groups in total. The van der Waals surface area contributed by atoms with Gasteiger partial charge in [0, 0.05) is 5.54 Å². The van der Waals surface area contributed by atoms with Gasteiger partial charge >= 0.3 is 0 Å². The normalized spacial score (nSPS) is 11.4. The summed E-state index contributed by atoms with van der Waals surface area (Å²) < 4.78 is 0. The molecule has 0 fully saturated rings. The van der Waals surface area contributed by atoms with Gasteiger partial charge in [-0.05, 0) is 82.5 Å². The van der Waals surface area contributed by atoms with E-state index in [1.165, 1.54) is 77.0 Å². The zero-order valence-corrected chi connectivity index (χ0v) is 39.2. The van der Waals surface area contributed by atoms with Crippen molar-refractivity contribution in [3.63, 3.8) is 0 Å². The Balaban J connectivity index is -0.000000167. The number of aryl methyl sites for hydroxylation is 3. The molecule has 0 aliphatic rings. The molecule has 5 nitrogen and oxygen atoms in total. The first-order valence-electron chi connectivity index (χ1n) is 22.0. The largest absolute Gasteiger partial charge is 0.390 e. The van der Waals surface area contributed by atoms with Gasteiger partial charge in [0.15, 0.2) is 0 Å². The van der Waals surface area contributed by atoms with Gasteiger partial charge in [-0.25, -0.2) is 15.0 Å². The molecule has 0 aliphatic carbocycles. The van der Waals surface area contributed by atoms with E-state index in [-0.39, 0.29) is 11.1 Å². The van der Waals surface area contributed by atoms with E-state index in [0.717, 1.165) is 61.9 Å². The molecule has 0 saturated heterocycles. The van der Waals surface area contributed by atoms with E-state index in [4.69, 9.17) is 5.73 Å². The fraction of sp³-hybridized carbons (Fsp3) is 0.935. The highest BCUT2D eigenvalue weighted by atomic mass is 16.3. The van der Waals surface area contributed by atoms with Gasteiger partial charge in [0.1, 0.15) is 17.5 Å². The van der Waals surface area contributed by atoms with Crippen LogP contribution in [0.3, 0.4) is 0 Å². The van der Waals surface area contributed by atoms with E-state index in [2.05, 4.69) is 112 Å². The Labute approximate surface area is 324 Å². The zero-order valence-electron chi connectivity index (χ0n) is 39.2. The summed E-state index contributed by atoms with van der Waals surface area (Å²) in [5, 5.41) is 9.44. The Morgan fingerprint density at radius 2 is 0.686 bits per heavy atom. The molecule has 0 amide bonds. The number of hydrogen-bond acceptors (Lipinski definition) is 5. The van der Waals surface area contributed by atoms with Crippen molar-refractivity contribution in [2.45, 2.75) is 265 Å². The summed E-state index contributed by atoms with van der Waals surface area (Å²) in [5.74, 6) is 3.36. The third-order valence-corrected chi connectivity index (χ3v) is 12.8. The lowest BCUT2D eigenvalue weighted by atomic mass is 9.76. The van der Waals surface area contributed by atoms with Crippen LogP contribution in [-0.2, 0) is 0 Å². The fourth-order valence-corrected chi connectivity index (χ4v) is 6.45. The first kappa shape index (κ1) is 59.2. The van der Waals surface area contributed by atoms with Gasteiger partial charge in [-0.15, -0.1) is 0 Å². The lowest BCUT2D eigenvalue weighted by Crippen LogP contribution is -2.37. The van der Waals surface area contributed by atoms with E-state index >= 15 is 0 Å². The second-order valence-electron chi connectivity index (χ2n) is 15.0. The smallest absolute Gasteiger partial charge is 0.129 e. The van der Waals surface area contributed by atoms with E-state index in [0.29, 0.717) is 10.8 Å². The summed E-state index contributed by atoms with van der Waals surface area (Å²) in [7, 11) is 0. The predicted octanol–water partition coefficient (Wildman–Crippen LogP) is 15.1. The van der Waals surface area contributed by atoms with Crippen molar-refractivity contribution in [1.82, 2.24) is 15.0 Å². The maximum atomic E-state index is 9.44. The first-order chi connectivity index (χ1) is 23.9. The fourth-order valence-electron chi connectivity index (χ4n) is 6.45. The molecule has 1 rings (SSSR count). The number of nitrogens with two attached hydrogens (primary N) is 1. The van der Waals surface area contributed by atoms with E-state index in [1.807, 2.05) is 41.5 Å². The molecule has 0 aliphatic heterocycles. The predicted molar refractivity (Wildman–Crippen MR) is 234 cm³/mol. The van der Waals surface area contributed by atoms with Crippen LogP contribution in [0.2, 0.25) is 0 Å². The summed E-state index contributed by atoms with van der Waals surface area (Å²) in [5.41, 5.74) is 6.99. The van der Waals surface area contributed by atoms with Crippen molar-refractivity contribution >= 4 is 0 Å². The second-order valence-corrected chi connectivity index (χ2v) is 15.0. The standard InChI is InChI=1S/C10H22.C9H20.C7H17N.C7H16O.C7H16.C6H9N3/c1-5-9-10(6-2,7-3)8-4;1-5-9(6-2,7-3)8-4;2*1-4-7(8,5-2)6-3;1-4-7(5-2)6-3;1-4-7-5(2)9-6(3)8-4/h5-9H2,1-4H3;5-8H2,1-4H3;4-6,8H2,1-3H3;8H,4-6H2,1-3H3;7H,4-6H2,1-3H3;1-3H3. The quantitative estimate of drug-likeness (QED) is 0.157. The molecule has 0 bridgehead atoms. The van der Waals surface area contributed by atoms with Crippen LogP contribution < -0.4 is 5.73 Å². The third-order valence-electron chi connectivity index (χ3n) is 12.8. The van der Waals surface area contributed by atoms with Gasteiger partial charge in [0.2, 0.25) is 0 Å². The van der Waals surface area contributed by atoms with Crippen LogP contribution in [0.1, 0.15) is 251 Å². The second kappa shape index (κ2) is 35.9. The Morgan fingerprint density at radius 3 is 0.745 bits per heavy atom. The van der Waals surface area contributed by atoms with Crippen LogP contribution in [0.25, 0.3) is 0 Å². The molecule has 0 unspecified atom stereocenters. The summed E-state index contributed by atoms with van der Waals surface area (Å²) >= 11 is 0. The van der Waals surface area contributed by atoms with Crippen LogP contribution in [0.5, 0.6) is 0 Å². The molecule has 0 spiro atoms. The van der Waals surface area contributed by atoms with E-state index < -0.39 is 0 Å². The van der Waals surface area contributed by atoms with Crippen LogP contribution >= 0.6 is 0 Å². The van der Waals surface area contributed by atoms with Crippen molar-refractivity contribution < 1.29 is 5.11 Å². The number of aromatic nitrogens is 3. The van der Waals surface area contributed by atoms with Gasteiger partial charge in [-0.1, -0.05) is 188 Å². The Bertz CT molecular complexity index is 719. The SMILES string of the molecule is CCC(CC)(CC)CC.CCC(CC)CC.CCC(N)(CC)CC.CCC(O)(CC)CC.CCCC(CC)(CC)CC.Cc1nc(C)nc(C)n1. The average Bonchev–Trinajstić information content (AvgIpc) is 3.16. The molecule has 0 radical (unpaired) electrons. The summed E-state index contributed by atoms with van der Waals surface area (Å²) in [4.78, 5) is 12.0. The minimum Gasteiger partial charge on any atom is -0.390 e. The van der Waals surface area contributed by atoms with Gasteiger partial charge < -0.3 is 10.8 Å². The molecule has 310 valence electrons. The monoisotopic (exact) mass is 725 g/mol. The number of hydrogen-bond donors (Lipinski definition) is 2. The first-order valence-corrected chi connectivity index (χ1v) is 22.0.